The Balaban J connectivity index is 5.88. The Bertz CT molecular complexity index is 1450. The lowest BCUT2D eigenvalue weighted by Gasteiger charge is -2.27. The minimum atomic E-state index is -1.63. The summed E-state index contributed by atoms with van der Waals surface area (Å²) in [5.41, 5.74) is 21.6. The molecule has 8 amide bonds. The third-order valence-electron chi connectivity index (χ3n) is 8.11. The van der Waals surface area contributed by atoms with E-state index in [4.69, 9.17) is 28.0 Å². The monoisotopic (exact) mass is 864 g/mol. The zero-order valence-electron chi connectivity index (χ0n) is 33.3. The number of aliphatic carboxylic acids is 1. The zero-order valence-corrected chi connectivity index (χ0v) is 35.0. The minimum absolute atomic E-state index is 0.0107. The van der Waals surface area contributed by atoms with Crippen molar-refractivity contribution in [1.29, 1.82) is 0 Å². The Morgan fingerprint density at radius 1 is 0.638 bits per heavy atom. The van der Waals surface area contributed by atoms with Crippen molar-refractivity contribution in [3.63, 3.8) is 0 Å². The molecule has 0 heterocycles. The van der Waals surface area contributed by atoms with Gasteiger partial charge in [-0.3, -0.25) is 48.1 Å². The quantitative estimate of drug-likeness (QED) is 0.0190. The third kappa shape index (κ3) is 22.2. The van der Waals surface area contributed by atoms with Crippen molar-refractivity contribution in [2.45, 2.75) is 108 Å². The summed E-state index contributed by atoms with van der Waals surface area (Å²) in [4.78, 5) is 117. The number of primary amides is 1. The number of amides is 8. The highest BCUT2D eigenvalue weighted by Gasteiger charge is 2.33. The van der Waals surface area contributed by atoms with Crippen LogP contribution in [-0.4, -0.2) is 155 Å². The van der Waals surface area contributed by atoms with Gasteiger partial charge in [0.2, 0.25) is 47.3 Å². The Morgan fingerprint density at radius 3 is 1.66 bits per heavy atom. The summed E-state index contributed by atoms with van der Waals surface area (Å²) in [5, 5.41) is 36.4. The number of carboxylic acid groups (broad SMARTS) is 1. The number of aliphatic hydroxyl groups excluding tert-OH is 1. The van der Waals surface area contributed by atoms with Crippen molar-refractivity contribution in [3.05, 3.63) is 0 Å². The van der Waals surface area contributed by atoms with Crippen molar-refractivity contribution in [1.82, 2.24) is 37.2 Å². The average molecular weight is 865 g/mol. The molecule has 330 valence electrons. The molecule has 25 heteroatoms. The van der Waals surface area contributed by atoms with Crippen LogP contribution in [0.1, 0.15) is 59.3 Å². The molecular formula is C33H60N12O11S2. The van der Waals surface area contributed by atoms with E-state index in [1.165, 1.54) is 44.3 Å². The van der Waals surface area contributed by atoms with Gasteiger partial charge in [0.15, 0.2) is 5.96 Å². The number of nitrogens with one attached hydrogen (secondary N) is 7. The van der Waals surface area contributed by atoms with Gasteiger partial charge in [0.1, 0.15) is 36.3 Å². The van der Waals surface area contributed by atoms with E-state index in [0.717, 1.165) is 0 Å². The molecule has 8 atom stereocenters. The van der Waals surface area contributed by atoms with Crippen molar-refractivity contribution >= 4 is 82.7 Å². The Hall–Kier alpha value is -4.88. The molecule has 23 nitrogen and oxygen atoms in total. The third-order valence-corrected chi connectivity index (χ3v) is 9.40. The number of carbonyl (C=O) groups excluding carboxylic acids is 8. The molecule has 0 aliphatic carbocycles. The molecule has 0 aliphatic heterocycles. The van der Waals surface area contributed by atoms with Crippen molar-refractivity contribution in [2.24, 2.45) is 27.9 Å². The van der Waals surface area contributed by atoms with Crippen LogP contribution in [0.3, 0.4) is 0 Å². The predicted octanol–water partition coefficient (Wildman–Crippen LogP) is -5.33. The average Bonchev–Trinajstić information content (AvgIpc) is 3.15. The normalized spacial score (nSPS) is 14.9. The maximum Gasteiger partial charge on any atom is 0.303 e. The Labute approximate surface area is 345 Å². The molecule has 0 rings (SSSR count). The number of nitrogens with zero attached hydrogens (tertiary/aromatic N) is 1. The molecule has 0 unspecified atom stereocenters. The second-order valence-corrected chi connectivity index (χ2v) is 15.1. The smallest absolute Gasteiger partial charge is 0.303 e. The first kappa shape index (κ1) is 53.1. The maximum absolute atomic E-state index is 13.5. The number of carbonyl (C=O) groups is 9. The first-order chi connectivity index (χ1) is 27.1. The van der Waals surface area contributed by atoms with Gasteiger partial charge in [-0.05, 0) is 76.9 Å². The number of rotatable bonds is 29. The van der Waals surface area contributed by atoms with Crippen molar-refractivity contribution in [3.8, 4) is 0 Å². The number of carboxylic acids is 1. The van der Waals surface area contributed by atoms with Crippen molar-refractivity contribution in [2.75, 3.05) is 37.1 Å². The molecule has 0 aliphatic rings. The van der Waals surface area contributed by atoms with Crippen LogP contribution in [0.5, 0.6) is 0 Å². The van der Waals surface area contributed by atoms with Crippen LogP contribution in [0.25, 0.3) is 0 Å². The number of aliphatic imine (C=N–C) groups is 1. The fourth-order valence-electron chi connectivity index (χ4n) is 4.72. The van der Waals surface area contributed by atoms with Gasteiger partial charge < -0.3 is 70.4 Å². The molecule has 17 N–H and O–H groups in total. The standard InChI is InChI=1S/C33H60N12O11S2/c1-16(26(35)50)40-23(47)15-39-29(53)20(7-6-12-38-33(36)37)42-27(51)17(2)41-32(56)25(18(3)46)45-31(55)22(11-14-58-5)44-30(54)21(10-13-57-4)43-28(52)19(34)8-9-24(48)49/h16-22,25,46H,6-15,34H2,1-5H3,(H2,35,50)(H,39,53)(H,40,47)(H,41,56)(H,42,51)(H,43,52)(H,44,54)(H,45,55)(H,48,49)(H4,36,37,38)/t16-,17-,18+,19-,20-,21-,22-,25-/m0/s1. The summed E-state index contributed by atoms with van der Waals surface area (Å²) in [5.74, 6) is -7.07. The number of guanidine groups is 1. The summed E-state index contributed by atoms with van der Waals surface area (Å²) in [6.45, 7) is 3.37. The minimum Gasteiger partial charge on any atom is -0.481 e. The molecule has 58 heavy (non-hydrogen) atoms. The second kappa shape index (κ2) is 28.5. The molecule has 0 aromatic heterocycles. The highest BCUT2D eigenvalue weighted by molar-refractivity contribution is 7.98. The highest BCUT2D eigenvalue weighted by atomic mass is 32.2. The van der Waals surface area contributed by atoms with Gasteiger partial charge in [-0.1, -0.05) is 0 Å². The van der Waals surface area contributed by atoms with Gasteiger partial charge >= 0.3 is 5.97 Å². The highest BCUT2D eigenvalue weighted by Crippen LogP contribution is 2.08. The molecule has 0 aromatic carbocycles. The van der Waals surface area contributed by atoms with Gasteiger partial charge in [-0.25, -0.2) is 0 Å². The molecule has 0 aromatic rings. The lowest BCUT2D eigenvalue weighted by molar-refractivity contribution is -0.137. The topological polar surface area (TPSA) is 395 Å². The number of hydrogen-bond donors (Lipinski definition) is 13. The first-order valence-corrected chi connectivity index (χ1v) is 21.0. The summed E-state index contributed by atoms with van der Waals surface area (Å²) in [7, 11) is 0. The lowest BCUT2D eigenvalue weighted by Crippen LogP contribution is -2.61. The van der Waals surface area contributed by atoms with Crippen LogP contribution < -0.4 is 60.2 Å². The fraction of sp³-hybridized carbons (Fsp3) is 0.697. The van der Waals surface area contributed by atoms with Gasteiger partial charge in [0.25, 0.3) is 0 Å². The van der Waals surface area contributed by atoms with E-state index in [0.29, 0.717) is 11.5 Å². The van der Waals surface area contributed by atoms with Gasteiger partial charge in [0.05, 0.1) is 18.7 Å². The van der Waals surface area contributed by atoms with E-state index < -0.39 is 108 Å². The summed E-state index contributed by atoms with van der Waals surface area (Å²) < 4.78 is 0. The van der Waals surface area contributed by atoms with Crippen LogP contribution in [0.4, 0.5) is 0 Å². The Morgan fingerprint density at radius 2 is 1.16 bits per heavy atom. The molecular weight excluding hydrogens is 805 g/mol. The molecule has 0 radical (unpaired) electrons. The zero-order chi connectivity index (χ0) is 44.5. The van der Waals surface area contributed by atoms with E-state index in [1.54, 1.807) is 12.5 Å². The number of nitrogens with two attached hydrogens (primary N) is 4. The van der Waals surface area contributed by atoms with Crippen LogP contribution in [0.2, 0.25) is 0 Å². The van der Waals surface area contributed by atoms with Crippen molar-refractivity contribution < 1.29 is 53.4 Å². The van der Waals surface area contributed by atoms with Crippen LogP contribution in [-0.2, 0) is 43.2 Å². The molecule has 0 saturated carbocycles. The Kier molecular flexibility index (Phi) is 26.1. The molecule has 0 spiro atoms. The van der Waals surface area contributed by atoms with Crippen LogP contribution >= 0.6 is 23.5 Å². The van der Waals surface area contributed by atoms with E-state index >= 15 is 0 Å². The van der Waals surface area contributed by atoms with E-state index in [2.05, 4.69) is 42.2 Å². The fourth-order valence-corrected chi connectivity index (χ4v) is 5.66. The summed E-state index contributed by atoms with van der Waals surface area (Å²) in [6.07, 6.45) is 1.92. The van der Waals surface area contributed by atoms with Gasteiger partial charge in [-0.2, -0.15) is 23.5 Å². The maximum atomic E-state index is 13.5. The van der Waals surface area contributed by atoms with E-state index in [1.807, 2.05) is 0 Å². The van der Waals surface area contributed by atoms with E-state index in [9.17, 15) is 48.3 Å². The predicted molar refractivity (Wildman–Crippen MR) is 218 cm³/mol. The van der Waals surface area contributed by atoms with E-state index in [-0.39, 0.29) is 51.0 Å². The number of thioether (sulfide) groups is 2. The summed E-state index contributed by atoms with van der Waals surface area (Å²) in [6, 6.07) is -8.82. The molecule has 0 bridgehead atoms. The second-order valence-electron chi connectivity index (χ2n) is 13.1. The number of aliphatic hydroxyl groups is 1. The van der Waals surface area contributed by atoms with Crippen LogP contribution in [0.15, 0.2) is 4.99 Å². The first-order valence-electron chi connectivity index (χ1n) is 18.2. The molecule has 0 saturated heterocycles. The largest absolute Gasteiger partial charge is 0.481 e. The SMILES string of the molecule is CSCC[C@H](NC(=O)[C@H](CCSC)NC(=O)[C@@H](N)CCC(=O)O)C(=O)N[C@H](C(=O)N[C@@H](C)C(=O)N[C@@H](CCCN=C(N)N)C(=O)NCC(=O)N[C@@H](C)C(N)=O)[C@@H](C)O. The van der Waals surface area contributed by atoms with Gasteiger partial charge in [-0.15, -0.1) is 0 Å². The number of hydrogen-bond acceptors (Lipinski definition) is 14. The van der Waals surface area contributed by atoms with Crippen LogP contribution in [0, 0.1) is 0 Å². The lowest BCUT2D eigenvalue weighted by atomic mass is 10.1. The van der Waals surface area contributed by atoms with Gasteiger partial charge in [0, 0.05) is 13.0 Å². The summed E-state index contributed by atoms with van der Waals surface area (Å²) >= 11 is 2.75. The molecule has 0 fully saturated rings.